The molecule has 4 aliphatic rings. The van der Waals surface area contributed by atoms with Crippen molar-refractivity contribution >= 4 is 16.9 Å². The van der Waals surface area contributed by atoms with E-state index in [-0.39, 0.29) is 59.7 Å². The number of amides is 1. The Kier molecular flexibility index (Phi) is 11.1. The lowest BCUT2D eigenvalue weighted by Gasteiger charge is -2.53. The largest absolute Gasteiger partial charge is 0.453 e. The number of methoxy groups -OCH3 is 1. The molecule has 0 aromatic heterocycles. The SMILES string of the molecule is CO[C@H]1CC[C@H]2[C@@H]3[C@H](CCCS(=O)CCCC(F)(F)C(F)(F)F)Cc4cc(OC(=O)N5CCOC(C(F)(F)F)C5)ccc4[C@H]3CC[C@]12C. The van der Waals surface area contributed by atoms with Gasteiger partial charge >= 0.3 is 24.4 Å². The number of benzene rings is 1. The van der Waals surface area contributed by atoms with Crippen LogP contribution >= 0.6 is 0 Å². The molecule has 3 fully saturated rings. The first-order valence-corrected chi connectivity index (χ1v) is 18.0. The topological polar surface area (TPSA) is 65.1 Å². The molecule has 0 spiro atoms. The molecule has 1 heterocycles. The third kappa shape index (κ3) is 7.82. The fourth-order valence-corrected chi connectivity index (χ4v) is 9.99. The van der Waals surface area contributed by atoms with E-state index in [1.165, 1.54) is 0 Å². The van der Waals surface area contributed by atoms with Crippen molar-refractivity contribution in [3.63, 3.8) is 0 Å². The molecule has 3 aliphatic carbocycles. The minimum atomic E-state index is -5.63. The third-order valence-corrected chi connectivity index (χ3v) is 12.7. The minimum absolute atomic E-state index is 0.0138. The summed E-state index contributed by atoms with van der Waals surface area (Å²) in [4.78, 5) is 13.8. The molecule has 5 rings (SSSR count). The fraction of sp³-hybridized carbons (Fsp3) is 0.788. The Morgan fingerprint density at radius 1 is 1.06 bits per heavy atom. The van der Waals surface area contributed by atoms with Gasteiger partial charge in [-0.15, -0.1) is 0 Å². The number of fused-ring (bicyclic) bond motifs is 5. The minimum Gasteiger partial charge on any atom is -0.410 e. The van der Waals surface area contributed by atoms with Gasteiger partial charge in [0.15, 0.2) is 6.10 Å². The van der Waals surface area contributed by atoms with Gasteiger partial charge in [0.1, 0.15) is 5.75 Å². The molecular weight excluding hydrogens is 674 g/mol. The molecule has 8 atom stereocenters. The zero-order valence-corrected chi connectivity index (χ0v) is 27.8. The molecule has 6 nitrogen and oxygen atoms in total. The average molecular weight is 718 g/mol. The summed E-state index contributed by atoms with van der Waals surface area (Å²) in [6.07, 6.45) is -9.35. The zero-order valence-electron chi connectivity index (χ0n) is 27.0. The van der Waals surface area contributed by atoms with Crippen molar-refractivity contribution in [3.05, 3.63) is 29.3 Å². The maximum Gasteiger partial charge on any atom is 0.453 e. The van der Waals surface area contributed by atoms with Crippen LogP contribution in [0.3, 0.4) is 0 Å². The van der Waals surface area contributed by atoms with Crippen molar-refractivity contribution in [2.45, 2.75) is 101 Å². The number of hydrogen-bond acceptors (Lipinski definition) is 5. The number of morpholine rings is 1. The summed E-state index contributed by atoms with van der Waals surface area (Å²) in [6.45, 7) is 1.33. The van der Waals surface area contributed by atoms with Crippen LogP contribution in [0.4, 0.5) is 39.9 Å². The second-order valence-electron chi connectivity index (χ2n) is 14.0. The van der Waals surface area contributed by atoms with Gasteiger partial charge in [0, 0.05) is 42.4 Å². The van der Waals surface area contributed by atoms with E-state index >= 15 is 0 Å². The fourth-order valence-electron chi connectivity index (χ4n) is 8.84. The van der Waals surface area contributed by atoms with Gasteiger partial charge in [0.2, 0.25) is 0 Å². The van der Waals surface area contributed by atoms with Gasteiger partial charge in [-0.25, -0.2) is 4.79 Å². The van der Waals surface area contributed by atoms with Crippen LogP contribution in [0.2, 0.25) is 0 Å². The highest BCUT2D eigenvalue weighted by molar-refractivity contribution is 7.84. The first-order valence-electron chi connectivity index (χ1n) is 16.5. The molecule has 2 saturated carbocycles. The van der Waals surface area contributed by atoms with Crippen LogP contribution in [0.5, 0.6) is 5.75 Å². The Bertz CT molecular complexity index is 1330. The van der Waals surface area contributed by atoms with Gasteiger partial charge in [-0.3, -0.25) is 4.21 Å². The van der Waals surface area contributed by atoms with Crippen LogP contribution in [-0.2, 0) is 26.7 Å². The van der Waals surface area contributed by atoms with Crippen LogP contribution in [0.25, 0.3) is 0 Å². The average Bonchev–Trinajstić information content (AvgIpc) is 3.36. The maximum absolute atomic E-state index is 13.3. The standard InChI is InChI=1S/C33H43F8NO5S/c1-30-12-10-24-23-7-6-22(47-29(43)42-13-14-46-27(19-42)32(36,37)38)18-21(23)17-20(28(24)25(30)8-9-26(30)45-2)5-3-15-48(44)16-4-11-31(34,35)33(39,40)41/h6-7,18,20,24-28H,3-5,8-17,19H2,1-2H3/t20-,24-,25+,26+,27?,28-,30+,48?/m1/s1. The molecule has 1 amide bonds. The predicted octanol–water partition coefficient (Wildman–Crippen LogP) is 8.05. The molecule has 0 radical (unpaired) electrons. The van der Waals surface area contributed by atoms with Crippen LogP contribution in [-0.4, -0.2) is 84.0 Å². The van der Waals surface area contributed by atoms with Crippen molar-refractivity contribution in [2.24, 2.45) is 23.2 Å². The Balaban J connectivity index is 1.28. The Morgan fingerprint density at radius 2 is 1.79 bits per heavy atom. The van der Waals surface area contributed by atoms with Gasteiger partial charge in [-0.1, -0.05) is 13.0 Å². The molecule has 1 aliphatic heterocycles. The number of carbonyl (C=O) groups excluding carboxylic acids is 1. The van der Waals surface area contributed by atoms with E-state index in [2.05, 4.69) is 6.92 Å². The lowest BCUT2D eigenvalue weighted by Crippen LogP contribution is -2.51. The summed E-state index contributed by atoms with van der Waals surface area (Å²) in [6, 6.07) is 5.40. The van der Waals surface area contributed by atoms with Gasteiger partial charge in [0.05, 0.1) is 19.3 Å². The normalized spacial score (nSPS) is 31.5. The van der Waals surface area contributed by atoms with Crippen LogP contribution in [0.1, 0.15) is 75.3 Å². The molecule has 0 bridgehead atoms. The van der Waals surface area contributed by atoms with E-state index in [4.69, 9.17) is 14.2 Å². The van der Waals surface area contributed by atoms with Crippen molar-refractivity contribution in [1.29, 1.82) is 0 Å². The van der Waals surface area contributed by atoms with E-state index in [1.54, 1.807) is 19.2 Å². The number of hydrogen-bond donors (Lipinski definition) is 0. The number of carbonyl (C=O) groups is 1. The summed E-state index contributed by atoms with van der Waals surface area (Å²) < 4.78 is 132. The molecule has 2 unspecified atom stereocenters. The van der Waals surface area contributed by atoms with Crippen LogP contribution < -0.4 is 4.74 Å². The summed E-state index contributed by atoms with van der Waals surface area (Å²) in [5.41, 5.74) is 2.11. The Labute approximate surface area is 277 Å². The van der Waals surface area contributed by atoms with Gasteiger partial charge < -0.3 is 19.1 Å². The van der Waals surface area contributed by atoms with Crippen molar-refractivity contribution in [3.8, 4) is 5.75 Å². The lowest BCUT2D eigenvalue weighted by molar-refractivity contribution is -0.284. The summed E-state index contributed by atoms with van der Waals surface area (Å²) in [5, 5.41) is 0. The number of ether oxygens (including phenoxy) is 3. The smallest absolute Gasteiger partial charge is 0.410 e. The van der Waals surface area contributed by atoms with E-state index < -0.39 is 60.7 Å². The number of halogens is 8. The number of alkyl halides is 8. The molecule has 1 aromatic carbocycles. The van der Waals surface area contributed by atoms with Gasteiger partial charge in [-0.2, -0.15) is 35.1 Å². The maximum atomic E-state index is 13.3. The summed E-state index contributed by atoms with van der Waals surface area (Å²) >= 11 is 0. The Hall–Kier alpha value is -2.00. The summed E-state index contributed by atoms with van der Waals surface area (Å²) in [5.74, 6) is -3.61. The quantitative estimate of drug-likeness (QED) is 0.229. The highest BCUT2D eigenvalue weighted by atomic mass is 32.2. The molecular formula is C33H43F8NO5S. The number of nitrogens with zero attached hydrogens (tertiary/aromatic N) is 1. The molecule has 48 heavy (non-hydrogen) atoms. The van der Waals surface area contributed by atoms with Crippen LogP contribution in [0, 0.1) is 23.2 Å². The van der Waals surface area contributed by atoms with Crippen LogP contribution in [0.15, 0.2) is 18.2 Å². The first kappa shape index (κ1) is 37.3. The third-order valence-electron chi connectivity index (χ3n) is 11.2. The van der Waals surface area contributed by atoms with E-state index in [0.29, 0.717) is 25.2 Å². The molecule has 1 aromatic rings. The lowest BCUT2D eigenvalue weighted by atomic mass is 9.52. The predicted molar refractivity (Wildman–Crippen MR) is 161 cm³/mol. The van der Waals surface area contributed by atoms with Gasteiger partial charge in [-0.05, 0) is 104 Å². The number of rotatable bonds is 10. The van der Waals surface area contributed by atoms with E-state index in [9.17, 15) is 44.1 Å². The highest BCUT2D eigenvalue weighted by Gasteiger charge is 2.58. The van der Waals surface area contributed by atoms with Crippen molar-refractivity contribution in [1.82, 2.24) is 4.90 Å². The highest BCUT2D eigenvalue weighted by Crippen LogP contribution is 2.63. The van der Waals surface area contributed by atoms with Crippen molar-refractivity contribution < 1.29 is 58.3 Å². The van der Waals surface area contributed by atoms with E-state index in [1.807, 2.05) is 6.07 Å². The molecule has 272 valence electrons. The monoisotopic (exact) mass is 717 g/mol. The van der Waals surface area contributed by atoms with Crippen molar-refractivity contribution in [2.75, 3.05) is 38.3 Å². The molecule has 0 N–H and O–H groups in total. The summed E-state index contributed by atoms with van der Waals surface area (Å²) in [7, 11) is 0.192. The molecule has 1 saturated heterocycles. The molecule has 15 heteroatoms. The Morgan fingerprint density at radius 3 is 2.48 bits per heavy atom. The second-order valence-corrected chi connectivity index (χ2v) is 15.7. The first-order chi connectivity index (χ1) is 22.4. The van der Waals surface area contributed by atoms with E-state index in [0.717, 1.165) is 41.7 Å². The second kappa shape index (κ2) is 14.3. The zero-order chi connectivity index (χ0) is 35.1. The van der Waals surface area contributed by atoms with Gasteiger partial charge in [0.25, 0.3) is 0 Å².